The van der Waals surface area contributed by atoms with Crippen molar-refractivity contribution in [3.63, 3.8) is 0 Å². The number of methoxy groups -OCH3 is 1. The first-order chi connectivity index (χ1) is 8.61. The molecule has 0 saturated carbocycles. The molecule has 98 valence electrons. The van der Waals surface area contributed by atoms with Gasteiger partial charge in [0, 0.05) is 12.6 Å². The molecule has 0 N–H and O–H groups in total. The van der Waals surface area contributed by atoms with Crippen molar-refractivity contribution in [2.24, 2.45) is 5.92 Å². The van der Waals surface area contributed by atoms with E-state index < -0.39 is 5.97 Å². The lowest BCUT2D eigenvalue weighted by Gasteiger charge is -2.37. The number of hydrogen-bond acceptors (Lipinski definition) is 5. The Kier molecular flexibility index (Phi) is 3.79. The second-order valence-electron chi connectivity index (χ2n) is 4.94. The maximum atomic E-state index is 11.3. The van der Waals surface area contributed by atoms with Crippen LogP contribution in [0.4, 0.5) is 5.82 Å². The maximum absolute atomic E-state index is 11.3. The summed E-state index contributed by atoms with van der Waals surface area (Å²) in [6, 6.07) is 3.97. The molecule has 0 spiro atoms. The van der Waals surface area contributed by atoms with Crippen LogP contribution >= 0.6 is 0 Å². The fourth-order valence-electron chi connectivity index (χ4n) is 2.44. The zero-order valence-corrected chi connectivity index (χ0v) is 11.1. The Balaban J connectivity index is 2.12. The third kappa shape index (κ3) is 2.60. The number of rotatable bonds is 2. The van der Waals surface area contributed by atoms with Gasteiger partial charge in [0.05, 0.1) is 7.11 Å². The molecule has 1 aromatic rings. The summed E-state index contributed by atoms with van der Waals surface area (Å²) >= 11 is 0. The van der Waals surface area contributed by atoms with E-state index in [1.807, 2.05) is 6.07 Å². The quantitative estimate of drug-likeness (QED) is 0.749. The van der Waals surface area contributed by atoms with E-state index in [4.69, 9.17) is 0 Å². The average Bonchev–Trinajstić information content (AvgIpc) is 2.38. The Morgan fingerprint density at radius 3 is 2.72 bits per heavy atom. The van der Waals surface area contributed by atoms with Crippen molar-refractivity contribution in [2.45, 2.75) is 32.7 Å². The Bertz CT molecular complexity index is 419. The number of anilines is 1. The maximum Gasteiger partial charge on any atom is 0.358 e. The molecule has 0 aromatic carbocycles. The van der Waals surface area contributed by atoms with Crippen molar-refractivity contribution in [1.82, 2.24) is 10.2 Å². The number of nitrogens with zero attached hydrogens (tertiary/aromatic N) is 3. The highest BCUT2D eigenvalue weighted by Crippen LogP contribution is 2.25. The summed E-state index contributed by atoms with van der Waals surface area (Å²) in [5.74, 6) is 1.15. The number of piperidine rings is 1. The standard InChI is InChI=1S/C13H19N3O2/c1-9-6-7-16(10(2)8-9)12-5-4-11(14-15-12)13(17)18-3/h4-5,9-10H,6-8H2,1-3H3/t9-,10-/m0/s1. The van der Waals surface area contributed by atoms with Crippen LogP contribution in [0.25, 0.3) is 0 Å². The Morgan fingerprint density at radius 1 is 1.39 bits per heavy atom. The first kappa shape index (κ1) is 12.8. The fourth-order valence-corrected chi connectivity index (χ4v) is 2.44. The van der Waals surface area contributed by atoms with E-state index in [2.05, 4.69) is 33.7 Å². The molecule has 0 radical (unpaired) electrons. The van der Waals surface area contributed by atoms with Crippen LogP contribution in [-0.4, -0.2) is 35.9 Å². The van der Waals surface area contributed by atoms with Gasteiger partial charge in [-0.1, -0.05) is 6.92 Å². The number of carbonyl (C=O) groups is 1. The van der Waals surface area contributed by atoms with E-state index >= 15 is 0 Å². The fraction of sp³-hybridized carbons (Fsp3) is 0.615. The number of esters is 1. The lowest BCUT2D eigenvalue weighted by atomic mass is 9.93. The van der Waals surface area contributed by atoms with Gasteiger partial charge in [0.25, 0.3) is 0 Å². The number of ether oxygens (including phenoxy) is 1. The van der Waals surface area contributed by atoms with E-state index in [9.17, 15) is 4.79 Å². The summed E-state index contributed by atoms with van der Waals surface area (Å²) in [6.07, 6.45) is 2.34. The summed E-state index contributed by atoms with van der Waals surface area (Å²) in [7, 11) is 1.34. The molecular weight excluding hydrogens is 230 g/mol. The van der Waals surface area contributed by atoms with Crippen LogP contribution in [0.5, 0.6) is 0 Å². The summed E-state index contributed by atoms with van der Waals surface area (Å²) in [5, 5.41) is 8.03. The molecule has 0 unspecified atom stereocenters. The number of aromatic nitrogens is 2. The van der Waals surface area contributed by atoms with E-state index in [0.717, 1.165) is 18.3 Å². The number of carbonyl (C=O) groups excluding carboxylic acids is 1. The Labute approximate surface area is 107 Å². The smallest absolute Gasteiger partial charge is 0.358 e. The molecule has 5 nitrogen and oxygen atoms in total. The average molecular weight is 249 g/mol. The Morgan fingerprint density at radius 2 is 2.17 bits per heavy atom. The molecule has 0 aliphatic carbocycles. The van der Waals surface area contributed by atoms with Crippen molar-refractivity contribution in [2.75, 3.05) is 18.6 Å². The summed E-state index contributed by atoms with van der Waals surface area (Å²) in [4.78, 5) is 13.5. The predicted molar refractivity (Wildman–Crippen MR) is 68.6 cm³/mol. The van der Waals surface area contributed by atoms with Crippen molar-refractivity contribution >= 4 is 11.8 Å². The van der Waals surface area contributed by atoms with Crippen molar-refractivity contribution < 1.29 is 9.53 Å². The van der Waals surface area contributed by atoms with Gasteiger partial charge >= 0.3 is 5.97 Å². The predicted octanol–water partition coefficient (Wildman–Crippen LogP) is 1.89. The molecule has 1 aliphatic heterocycles. The van der Waals surface area contributed by atoms with Gasteiger partial charge in [-0.05, 0) is 37.8 Å². The van der Waals surface area contributed by atoms with Crippen LogP contribution in [-0.2, 0) is 4.74 Å². The van der Waals surface area contributed by atoms with E-state index in [-0.39, 0.29) is 5.69 Å². The highest BCUT2D eigenvalue weighted by atomic mass is 16.5. The summed E-state index contributed by atoms with van der Waals surface area (Å²) in [5.41, 5.74) is 0.249. The third-order valence-corrected chi connectivity index (χ3v) is 3.48. The lowest BCUT2D eigenvalue weighted by molar-refractivity contribution is 0.0592. The van der Waals surface area contributed by atoms with Gasteiger partial charge in [-0.25, -0.2) is 4.79 Å². The van der Waals surface area contributed by atoms with Crippen molar-refractivity contribution in [3.05, 3.63) is 17.8 Å². The largest absolute Gasteiger partial charge is 0.464 e. The van der Waals surface area contributed by atoms with Crippen molar-refractivity contribution in [3.8, 4) is 0 Å². The molecule has 5 heteroatoms. The molecule has 2 rings (SSSR count). The second kappa shape index (κ2) is 5.33. The van der Waals surface area contributed by atoms with Crippen molar-refractivity contribution in [1.29, 1.82) is 0 Å². The summed E-state index contributed by atoms with van der Waals surface area (Å²) in [6.45, 7) is 5.47. The second-order valence-corrected chi connectivity index (χ2v) is 4.94. The third-order valence-electron chi connectivity index (χ3n) is 3.48. The molecule has 0 bridgehead atoms. The van der Waals surface area contributed by atoms with Crippen LogP contribution < -0.4 is 4.90 Å². The van der Waals surface area contributed by atoms with Crippen LogP contribution in [0.2, 0.25) is 0 Å². The SMILES string of the molecule is COC(=O)c1ccc(N2CC[C@H](C)C[C@@H]2C)nn1. The molecule has 1 aromatic heterocycles. The zero-order chi connectivity index (χ0) is 13.1. The monoisotopic (exact) mass is 249 g/mol. The minimum atomic E-state index is -0.450. The molecule has 2 atom stereocenters. The minimum Gasteiger partial charge on any atom is -0.464 e. The van der Waals surface area contributed by atoms with E-state index in [1.54, 1.807) is 6.07 Å². The molecule has 1 aliphatic rings. The van der Waals surface area contributed by atoms with E-state index in [1.165, 1.54) is 20.0 Å². The zero-order valence-electron chi connectivity index (χ0n) is 11.1. The minimum absolute atomic E-state index is 0.249. The number of hydrogen-bond donors (Lipinski definition) is 0. The summed E-state index contributed by atoms with van der Waals surface area (Å²) < 4.78 is 4.60. The molecule has 2 heterocycles. The molecule has 18 heavy (non-hydrogen) atoms. The van der Waals surface area contributed by atoms with Crippen LogP contribution in [0, 0.1) is 5.92 Å². The molecule has 0 amide bonds. The first-order valence-corrected chi connectivity index (χ1v) is 6.30. The highest BCUT2D eigenvalue weighted by molar-refractivity contribution is 5.86. The topological polar surface area (TPSA) is 55.3 Å². The normalized spacial score (nSPS) is 23.8. The van der Waals surface area contributed by atoms with Gasteiger partial charge in [-0.2, -0.15) is 0 Å². The van der Waals surface area contributed by atoms with Crippen LogP contribution in [0.15, 0.2) is 12.1 Å². The van der Waals surface area contributed by atoms with Crippen LogP contribution in [0.1, 0.15) is 37.2 Å². The van der Waals surface area contributed by atoms with Gasteiger partial charge in [-0.3, -0.25) is 0 Å². The van der Waals surface area contributed by atoms with Gasteiger partial charge in [0.2, 0.25) is 0 Å². The first-order valence-electron chi connectivity index (χ1n) is 6.30. The van der Waals surface area contributed by atoms with E-state index in [0.29, 0.717) is 6.04 Å². The lowest BCUT2D eigenvalue weighted by Crippen LogP contribution is -2.40. The molecular formula is C13H19N3O2. The Hall–Kier alpha value is -1.65. The highest BCUT2D eigenvalue weighted by Gasteiger charge is 2.24. The van der Waals surface area contributed by atoms with Gasteiger partial charge in [-0.15, -0.1) is 10.2 Å². The van der Waals surface area contributed by atoms with Gasteiger partial charge in [0.15, 0.2) is 11.5 Å². The van der Waals surface area contributed by atoms with Gasteiger partial charge < -0.3 is 9.64 Å². The molecule has 1 saturated heterocycles. The van der Waals surface area contributed by atoms with Gasteiger partial charge in [0.1, 0.15) is 0 Å². The van der Waals surface area contributed by atoms with Crippen LogP contribution in [0.3, 0.4) is 0 Å². The molecule has 1 fully saturated rings.